The predicted octanol–water partition coefficient (Wildman–Crippen LogP) is 1.42. The molecule has 2 saturated carbocycles. The van der Waals surface area contributed by atoms with Crippen molar-refractivity contribution in [1.82, 2.24) is 0 Å². The summed E-state index contributed by atoms with van der Waals surface area (Å²) in [5, 5.41) is 3.88. The number of rotatable bonds is 0. The molecule has 2 heteroatoms. The Morgan fingerprint density at radius 1 is 1.30 bits per heavy atom. The van der Waals surface area contributed by atoms with Gasteiger partial charge < -0.3 is 4.84 Å². The molecule has 2 nitrogen and oxygen atoms in total. The van der Waals surface area contributed by atoms with Gasteiger partial charge in [-0.1, -0.05) is 5.16 Å². The molecule has 2 bridgehead atoms. The van der Waals surface area contributed by atoms with Crippen molar-refractivity contribution in [2.45, 2.75) is 25.4 Å². The first-order valence-corrected chi connectivity index (χ1v) is 4.14. The highest BCUT2D eigenvalue weighted by atomic mass is 16.6. The van der Waals surface area contributed by atoms with Crippen LogP contribution in [0.3, 0.4) is 0 Å². The zero-order valence-corrected chi connectivity index (χ0v) is 5.86. The summed E-state index contributed by atoms with van der Waals surface area (Å²) in [7, 11) is 0. The summed E-state index contributed by atoms with van der Waals surface area (Å²) in [6.45, 7) is 0. The van der Waals surface area contributed by atoms with Crippen LogP contribution in [0.5, 0.6) is 0 Å². The van der Waals surface area contributed by atoms with Gasteiger partial charge in [0.15, 0.2) is 0 Å². The van der Waals surface area contributed by atoms with Crippen LogP contribution in [0.15, 0.2) is 5.16 Å². The van der Waals surface area contributed by atoms with Gasteiger partial charge in [-0.3, -0.25) is 0 Å². The van der Waals surface area contributed by atoms with Crippen molar-refractivity contribution in [1.29, 1.82) is 0 Å². The molecule has 10 heavy (non-hydrogen) atoms. The summed E-state index contributed by atoms with van der Waals surface area (Å²) in [5.41, 5.74) is 0. The Labute approximate surface area is 60.2 Å². The largest absolute Gasteiger partial charge is 0.392 e. The molecule has 54 valence electrons. The van der Waals surface area contributed by atoms with Crippen LogP contribution in [0, 0.1) is 17.8 Å². The van der Waals surface area contributed by atoms with Gasteiger partial charge in [0.05, 0.1) is 6.21 Å². The zero-order chi connectivity index (χ0) is 6.55. The van der Waals surface area contributed by atoms with Crippen molar-refractivity contribution in [2.24, 2.45) is 22.9 Å². The SMILES string of the molecule is C1=NOC2C3CCC(C3)C12. The standard InChI is InChI=1S/C8H11NO/c1-2-6-3-5(1)7-4-9-10-8(6)7/h4-8H,1-3H2. The number of oxime groups is 1. The van der Waals surface area contributed by atoms with Crippen LogP contribution in [0.1, 0.15) is 19.3 Å². The van der Waals surface area contributed by atoms with E-state index in [1.807, 2.05) is 6.21 Å². The molecule has 3 rings (SSSR count). The molecule has 3 aliphatic rings. The molecule has 2 fully saturated rings. The van der Waals surface area contributed by atoms with E-state index in [1.165, 1.54) is 19.3 Å². The molecule has 0 amide bonds. The minimum Gasteiger partial charge on any atom is -0.392 e. The zero-order valence-electron chi connectivity index (χ0n) is 5.86. The fourth-order valence-electron chi connectivity index (χ4n) is 2.82. The van der Waals surface area contributed by atoms with Gasteiger partial charge in [-0.25, -0.2) is 0 Å². The highest BCUT2D eigenvalue weighted by molar-refractivity contribution is 5.64. The highest BCUT2D eigenvalue weighted by Gasteiger charge is 2.50. The first-order valence-electron chi connectivity index (χ1n) is 4.14. The Morgan fingerprint density at radius 2 is 2.20 bits per heavy atom. The minimum atomic E-state index is 0.485. The van der Waals surface area contributed by atoms with Crippen LogP contribution in [-0.2, 0) is 4.84 Å². The fourth-order valence-corrected chi connectivity index (χ4v) is 2.82. The minimum absolute atomic E-state index is 0.485. The third-order valence-electron chi connectivity index (χ3n) is 3.32. The molecule has 0 radical (unpaired) electrons. The first-order chi connectivity index (χ1) is 4.95. The van der Waals surface area contributed by atoms with E-state index in [-0.39, 0.29) is 0 Å². The second-order valence-corrected chi connectivity index (χ2v) is 3.74. The van der Waals surface area contributed by atoms with Gasteiger partial charge in [0, 0.05) is 5.92 Å². The lowest BCUT2D eigenvalue weighted by Gasteiger charge is -2.20. The lowest BCUT2D eigenvalue weighted by atomic mass is 9.88. The molecular weight excluding hydrogens is 126 g/mol. The summed E-state index contributed by atoms with van der Waals surface area (Å²) in [6, 6.07) is 0. The quantitative estimate of drug-likeness (QED) is 0.494. The number of hydrogen-bond donors (Lipinski definition) is 0. The van der Waals surface area contributed by atoms with E-state index in [0.717, 1.165) is 11.8 Å². The maximum absolute atomic E-state index is 5.28. The molecule has 0 N–H and O–H groups in total. The Hall–Kier alpha value is -0.530. The summed E-state index contributed by atoms with van der Waals surface area (Å²) in [4.78, 5) is 5.28. The third-order valence-corrected chi connectivity index (χ3v) is 3.32. The average molecular weight is 137 g/mol. The number of hydrogen-bond acceptors (Lipinski definition) is 2. The van der Waals surface area contributed by atoms with Crippen molar-refractivity contribution in [2.75, 3.05) is 0 Å². The van der Waals surface area contributed by atoms with Gasteiger partial charge in [0.2, 0.25) is 0 Å². The van der Waals surface area contributed by atoms with Gasteiger partial charge in [-0.2, -0.15) is 0 Å². The van der Waals surface area contributed by atoms with Crippen LogP contribution in [-0.4, -0.2) is 12.3 Å². The molecule has 0 spiro atoms. The van der Waals surface area contributed by atoms with Crippen LogP contribution >= 0.6 is 0 Å². The van der Waals surface area contributed by atoms with Crippen molar-refractivity contribution in [3.63, 3.8) is 0 Å². The monoisotopic (exact) mass is 137 g/mol. The van der Waals surface area contributed by atoms with Gasteiger partial charge in [-0.05, 0) is 31.1 Å². The van der Waals surface area contributed by atoms with Crippen molar-refractivity contribution in [3.8, 4) is 0 Å². The Balaban J connectivity index is 1.97. The molecule has 0 aromatic carbocycles. The number of fused-ring (bicyclic) bond motifs is 5. The number of nitrogens with zero attached hydrogens (tertiary/aromatic N) is 1. The maximum Gasteiger partial charge on any atom is 0.138 e. The highest BCUT2D eigenvalue weighted by Crippen LogP contribution is 2.50. The third kappa shape index (κ3) is 0.446. The van der Waals surface area contributed by atoms with E-state index in [9.17, 15) is 0 Å². The summed E-state index contributed by atoms with van der Waals surface area (Å²) in [5.74, 6) is 2.46. The normalized spacial score (nSPS) is 55.2. The Morgan fingerprint density at radius 3 is 3.10 bits per heavy atom. The van der Waals surface area contributed by atoms with Gasteiger partial charge in [0.25, 0.3) is 0 Å². The van der Waals surface area contributed by atoms with Crippen LogP contribution in [0.25, 0.3) is 0 Å². The van der Waals surface area contributed by atoms with Crippen molar-refractivity contribution >= 4 is 6.21 Å². The van der Waals surface area contributed by atoms with Gasteiger partial charge in [-0.15, -0.1) is 0 Å². The summed E-state index contributed by atoms with van der Waals surface area (Å²) >= 11 is 0. The Kier molecular flexibility index (Phi) is 0.800. The van der Waals surface area contributed by atoms with Crippen molar-refractivity contribution in [3.05, 3.63) is 0 Å². The van der Waals surface area contributed by atoms with E-state index in [4.69, 9.17) is 4.84 Å². The van der Waals surface area contributed by atoms with Gasteiger partial charge >= 0.3 is 0 Å². The van der Waals surface area contributed by atoms with Crippen LogP contribution in [0.4, 0.5) is 0 Å². The lowest BCUT2D eigenvalue weighted by Crippen LogP contribution is -2.25. The lowest BCUT2D eigenvalue weighted by molar-refractivity contribution is 0.0275. The van der Waals surface area contributed by atoms with Crippen molar-refractivity contribution < 1.29 is 4.84 Å². The molecule has 2 aliphatic carbocycles. The van der Waals surface area contributed by atoms with E-state index < -0.39 is 0 Å². The molecule has 0 saturated heterocycles. The molecule has 4 unspecified atom stereocenters. The van der Waals surface area contributed by atoms with Gasteiger partial charge in [0.1, 0.15) is 6.10 Å². The van der Waals surface area contributed by atoms with E-state index >= 15 is 0 Å². The maximum atomic E-state index is 5.28. The van der Waals surface area contributed by atoms with Crippen LogP contribution in [0.2, 0.25) is 0 Å². The first kappa shape index (κ1) is 5.16. The second kappa shape index (κ2) is 1.55. The smallest absolute Gasteiger partial charge is 0.138 e. The summed E-state index contributed by atoms with van der Waals surface area (Å²) in [6.07, 6.45) is 6.71. The summed E-state index contributed by atoms with van der Waals surface area (Å²) < 4.78 is 0. The molecule has 1 heterocycles. The second-order valence-electron chi connectivity index (χ2n) is 3.74. The molecular formula is C8H11NO. The average Bonchev–Trinajstić information content (AvgIpc) is 2.60. The molecule has 4 atom stereocenters. The molecule has 1 aliphatic heterocycles. The van der Waals surface area contributed by atoms with E-state index in [0.29, 0.717) is 12.0 Å². The molecule has 0 aromatic heterocycles. The fraction of sp³-hybridized carbons (Fsp3) is 0.875. The molecule has 0 aromatic rings. The van der Waals surface area contributed by atoms with E-state index in [1.54, 1.807) is 0 Å². The van der Waals surface area contributed by atoms with E-state index in [2.05, 4.69) is 5.16 Å². The topological polar surface area (TPSA) is 21.6 Å². The van der Waals surface area contributed by atoms with Crippen LogP contribution < -0.4 is 0 Å². The predicted molar refractivity (Wildman–Crippen MR) is 37.7 cm³/mol. The Bertz CT molecular complexity index is 190.